The zero-order chi connectivity index (χ0) is 20.3. The van der Waals surface area contributed by atoms with E-state index in [0.29, 0.717) is 17.9 Å². The lowest BCUT2D eigenvalue weighted by Crippen LogP contribution is -2.38. The molecule has 6 rings (SSSR count). The highest BCUT2D eigenvalue weighted by Crippen LogP contribution is 2.42. The second kappa shape index (κ2) is 8.94. The standard InChI is InChI=1S/C24H33N3O3/c28-24(27-11-2-1-3-12-27)16-29-23-14-19-5-4-6-21(20(19)15-25-23)26-30-22-13-17-7-9-18(22)10-8-17/h14-15,17-18,22H,1-13,16H2. The smallest absolute Gasteiger partial charge is 0.260 e. The minimum atomic E-state index is 0.0617. The molecular formula is C24H33N3O3. The van der Waals surface area contributed by atoms with E-state index in [1.165, 1.54) is 44.1 Å². The molecule has 1 saturated heterocycles. The molecule has 6 nitrogen and oxygen atoms in total. The molecule has 0 radical (unpaired) electrons. The highest BCUT2D eigenvalue weighted by molar-refractivity contribution is 6.02. The molecule has 6 heteroatoms. The third kappa shape index (κ3) is 4.33. The summed E-state index contributed by atoms with van der Waals surface area (Å²) in [6.45, 7) is 1.77. The van der Waals surface area contributed by atoms with Crippen LogP contribution in [0.1, 0.15) is 75.3 Å². The topological polar surface area (TPSA) is 64.0 Å². The van der Waals surface area contributed by atoms with E-state index >= 15 is 0 Å². The molecular weight excluding hydrogens is 378 g/mol. The summed E-state index contributed by atoms with van der Waals surface area (Å²) in [5.74, 6) is 2.12. The van der Waals surface area contributed by atoms with E-state index in [1.54, 1.807) is 0 Å². The molecule has 0 aromatic carbocycles. The third-order valence-electron chi connectivity index (χ3n) is 7.47. The van der Waals surface area contributed by atoms with Crippen molar-refractivity contribution in [2.24, 2.45) is 17.0 Å². The molecule has 0 N–H and O–H groups in total. The van der Waals surface area contributed by atoms with Crippen molar-refractivity contribution in [2.75, 3.05) is 19.7 Å². The van der Waals surface area contributed by atoms with Crippen LogP contribution in [0.2, 0.25) is 0 Å². The Hall–Kier alpha value is -2.11. The Balaban J connectivity index is 1.21. The fourth-order valence-electron chi connectivity index (χ4n) is 5.64. The van der Waals surface area contributed by atoms with Crippen LogP contribution in [-0.4, -0.2) is 47.3 Å². The van der Waals surface area contributed by atoms with Crippen LogP contribution in [0.3, 0.4) is 0 Å². The molecule has 5 aliphatic rings. The first-order chi connectivity index (χ1) is 14.8. The van der Waals surface area contributed by atoms with E-state index < -0.39 is 0 Å². The van der Waals surface area contributed by atoms with Gasteiger partial charge >= 0.3 is 0 Å². The van der Waals surface area contributed by atoms with Crippen LogP contribution in [0.4, 0.5) is 0 Å². The van der Waals surface area contributed by atoms with Crippen molar-refractivity contribution >= 4 is 11.6 Å². The fourth-order valence-corrected chi connectivity index (χ4v) is 5.64. The molecule has 30 heavy (non-hydrogen) atoms. The van der Waals surface area contributed by atoms with Crippen molar-refractivity contribution in [3.8, 4) is 5.88 Å². The van der Waals surface area contributed by atoms with Gasteiger partial charge in [0.15, 0.2) is 6.61 Å². The second-order valence-corrected chi connectivity index (χ2v) is 9.46. The van der Waals surface area contributed by atoms with Crippen LogP contribution >= 0.6 is 0 Å². The first-order valence-electron chi connectivity index (χ1n) is 11.9. The van der Waals surface area contributed by atoms with Gasteiger partial charge in [-0.05, 0) is 88.0 Å². The van der Waals surface area contributed by atoms with E-state index in [4.69, 9.17) is 9.57 Å². The number of carbonyl (C=O) groups is 1. The van der Waals surface area contributed by atoms with Gasteiger partial charge in [0, 0.05) is 30.9 Å². The van der Waals surface area contributed by atoms with E-state index in [2.05, 4.69) is 10.1 Å². The molecule has 4 fully saturated rings. The van der Waals surface area contributed by atoms with E-state index in [1.807, 2.05) is 17.2 Å². The maximum atomic E-state index is 12.3. The molecule has 4 aliphatic carbocycles. The van der Waals surface area contributed by atoms with Gasteiger partial charge in [-0.2, -0.15) is 0 Å². The quantitative estimate of drug-likeness (QED) is 0.684. The number of piperidine rings is 1. The second-order valence-electron chi connectivity index (χ2n) is 9.46. The normalized spacial score (nSPS) is 29.5. The van der Waals surface area contributed by atoms with Crippen LogP contribution in [-0.2, 0) is 16.1 Å². The Labute approximate surface area is 179 Å². The number of nitrogens with zero attached hydrogens (tertiary/aromatic N) is 3. The minimum Gasteiger partial charge on any atom is -0.468 e. The lowest BCUT2D eigenvalue weighted by molar-refractivity contribution is -0.134. The average molecular weight is 412 g/mol. The zero-order valence-electron chi connectivity index (χ0n) is 17.9. The van der Waals surface area contributed by atoms with E-state index in [-0.39, 0.29) is 12.5 Å². The molecule has 1 amide bonds. The highest BCUT2D eigenvalue weighted by Gasteiger charge is 2.37. The van der Waals surface area contributed by atoms with Crippen LogP contribution in [0, 0.1) is 11.8 Å². The van der Waals surface area contributed by atoms with Gasteiger partial charge in [0.25, 0.3) is 5.91 Å². The Morgan fingerprint density at radius 3 is 2.70 bits per heavy atom. The number of ether oxygens (including phenoxy) is 1. The number of aryl methyl sites for hydroxylation is 1. The number of aromatic nitrogens is 1. The highest BCUT2D eigenvalue weighted by atomic mass is 16.6. The molecule has 1 atom stereocenters. The molecule has 2 heterocycles. The Morgan fingerprint density at radius 1 is 1.10 bits per heavy atom. The number of likely N-dealkylation sites (tertiary alicyclic amines) is 1. The molecule has 162 valence electrons. The molecule has 3 saturated carbocycles. The summed E-state index contributed by atoms with van der Waals surface area (Å²) in [7, 11) is 0. The number of fused-ring (bicyclic) bond motifs is 4. The summed E-state index contributed by atoms with van der Waals surface area (Å²) in [6, 6.07) is 1.98. The maximum absolute atomic E-state index is 12.3. The summed E-state index contributed by atoms with van der Waals surface area (Å²) < 4.78 is 5.74. The summed E-state index contributed by atoms with van der Waals surface area (Å²) in [6.07, 6.45) is 15.0. The monoisotopic (exact) mass is 411 g/mol. The third-order valence-corrected chi connectivity index (χ3v) is 7.47. The average Bonchev–Trinajstić information content (AvgIpc) is 2.82. The molecule has 1 aromatic rings. The van der Waals surface area contributed by atoms with Crippen LogP contribution in [0.15, 0.2) is 17.4 Å². The van der Waals surface area contributed by atoms with Crippen molar-refractivity contribution < 1.29 is 14.4 Å². The molecule has 0 spiro atoms. The summed E-state index contributed by atoms with van der Waals surface area (Å²) in [5.41, 5.74) is 3.29. The van der Waals surface area contributed by atoms with Gasteiger partial charge < -0.3 is 14.5 Å². The van der Waals surface area contributed by atoms with Crippen LogP contribution in [0.25, 0.3) is 0 Å². The first kappa shape index (κ1) is 19.8. The van der Waals surface area contributed by atoms with Gasteiger partial charge in [-0.3, -0.25) is 4.79 Å². The lowest BCUT2D eigenvalue weighted by atomic mass is 9.69. The number of rotatable bonds is 5. The van der Waals surface area contributed by atoms with Gasteiger partial charge in [-0.25, -0.2) is 4.98 Å². The van der Waals surface area contributed by atoms with E-state index in [0.717, 1.165) is 62.4 Å². The Morgan fingerprint density at radius 2 is 1.93 bits per heavy atom. The van der Waals surface area contributed by atoms with Crippen molar-refractivity contribution in [3.05, 3.63) is 23.4 Å². The van der Waals surface area contributed by atoms with Gasteiger partial charge in [-0.1, -0.05) is 5.16 Å². The predicted octanol–water partition coefficient (Wildman–Crippen LogP) is 4.11. The van der Waals surface area contributed by atoms with Crippen molar-refractivity contribution in [3.63, 3.8) is 0 Å². The molecule has 1 aromatic heterocycles. The Bertz CT molecular complexity index is 795. The van der Waals surface area contributed by atoms with Crippen LogP contribution in [0.5, 0.6) is 5.88 Å². The summed E-state index contributed by atoms with van der Waals surface area (Å²) in [4.78, 5) is 24.8. The molecule has 1 unspecified atom stereocenters. The van der Waals surface area contributed by atoms with Gasteiger partial charge in [0.2, 0.25) is 5.88 Å². The summed E-state index contributed by atoms with van der Waals surface area (Å²) >= 11 is 0. The van der Waals surface area contributed by atoms with Crippen LogP contribution < -0.4 is 4.74 Å². The maximum Gasteiger partial charge on any atom is 0.260 e. The number of amides is 1. The molecule has 1 aliphatic heterocycles. The van der Waals surface area contributed by atoms with Gasteiger partial charge in [0.05, 0.1) is 5.71 Å². The number of hydrogen-bond acceptors (Lipinski definition) is 5. The van der Waals surface area contributed by atoms with Crippen molar-refractivity contribution in [1.29, 1.82) is 0 Å². The number of pyridine rings is 1. The SMILES string of the molecule is O=C(COc1cc2c(cn1)C(=NOC1CC3CCC1CC3)CCC2)N1CCCCC1. The number of oxime groups is 1. The van der Waals surface area contributed by atoms with Crippen molar-refractivity contribution in [1.82, 2.24) is 9.88 Å². The van der Waals surface area contributed by atoms with Gasteiger partial charge in [-0.15, -0.1) is 0 Å². The Kier molecular flexibility index (Phi) is 5.91. The lowest BCUT2D eigenvalue weighted by Gasteiger charge is -2.40. The number of hydrogen-bond donors (Lipinski definition) is 0. The summed E-state index contributed by atoms with van der Waals surface area (Å²) in [5, 5.41) is 4.61. The van der Waals surface area contributed by atoms with Crippen molar-refractivity contribution in [2.45, 2.75) is 76.7 Å². The minimum absolute atomic E-state index is 0.0617. The van der Waals surface area contributed by atoms with E-state index in [9.17, 15) is 4.79 Å². The largest absolute Gasteiger partial charge is 0.468 e. The predicted molar refractivity (Wildman–Crippen MR) is 115 cm³/mol. The fraction of sp³-hybridized carbons (Fsp3) is 0.708. The zero-order valence-corrected chi connectivity index (χ0v) is 17.9. The molecule has 2 bridgehead atoms. The first-order valence-corrected chi connectivity index (χ1v) is 11.9. The van der Waals surface area contributed by atoms with Gasteiger partial charge in [0.1, 0.15) is 6.10 Å². The number of carbonyl (C=O) groups excluding carboxylic acids is 1.